The first-order chi connectivity index (χ1) is 9.95. The molecule has 1 rings (SSSR count). The number of esters is 1. The van der Waals surface area contributed by atoms with Gasteiger partial charge in [0.1, 0.15) is 5.82 Å². The lowest BCUT2D eigenvalue weighted by Gasteiger charge is -2.11. The van der Waals surface area contributed by atoms with Gasteiger partial charge in [0.2, 0.25) is 0 Å². The van der Waals surface area contributed by atoms with E-state index in [1.807, 2.05) is 0 Å². The third-order valence-electron chi connectivity index (χ3n) is 2.47. The van der Waals surface area contributed by atoms with E-state index < -0.39 is 23.8 Å². The van der Waals surface area contributed by atoms with Gasteiger partial charge in [0.25, 0.3) is 5.91 Å². The molecule has 0 heterocycles. The fourth-order valence-corrected chi connectivity index (χ4v) is 1.63. The van der Waals surface area contributed by atoms with E-state index >= 15 is 0 Å². The zero-order valence-corrected chi connectivity index (χ0v) is 12.2. The van der Waals surface area contributed by atoms with E-state index in [-0.39, 0.29) is 17.1 Å². The summed E-state index contributed by atoms with van der Waals surface area (Å²) in [5.74, 6) is -1.76. The number of carbonyl (C=O) groups is 2. The van der Waals surface area contributed by atoms with E-state index in [1.54, 1.807) is 0 Å². The van der Waals surface area contributed by atoms with Crippen LogP contribution in [-0.4, -0.2) is 24.5 Å². The normalized spacial score (nSPS) is 12.0. The van der Waals surface area contributed by atoms with Gasteiger partial charge < -0.3 is 10.1 Å². The van der Waals surface area contributed by atoms with Crippen LogP contribution in [0.3, 0.4) is 0 Å². The number of hydrogen-bond donors (Lipinski definition) is 1. The van der Waals surface area contributed by atoms with Crippen molar-refractivity contribution in [3.63, 3.8) is 0 Å². The Morgan fingerprint density at radius 1 is 1.52 bits per heavy atom. The summed E-state index contributed by atoms with van der Waals surface area (Å²) in [6.07, 6.45) is 2.76. The monoisotopic (exact) mass is 311 g/mol. The van der Waals surface area contributed by atoms with Crippen LogP contribution >= 0.6 is 11.6 Å². The second-order valence-corrected chi connectivity index (χ2v) is 4.49. The van der Waals surface area contributed by atoms with E-state index in [4.69, 9.17) is 16.3 Å². The number of benzene rings is 1. The van der Waals surface area contributed by atoms with Gasteiger partial charge in [-0.15, -0.1) is 6.58 Å². The molecule has 0 aromatic heterocycles. The number of halogens is 2. The molecule has 112 valence electrons. The van der Waals surface area contributed by atoms with Crippen molar-refractivity contribution in [2.45, 2.75) is 13.0 Å². The Hall–Kier alpha value is -2.14. The highest BCUT2D eigenvalue weighted by molar-refractivity contribution is 6.32. The molecule has 4 nitrogen and oxygen atoms in total. The minimum Gasteiger partial charge on any atom is -0.449 e. The van der Waals surface area contributed by atoms with Gasteiger partial charge in [-0.1, -0.05) is 23.7 Å². The molecule has 0 aliphatic carbocycles. The Kier molecular flexibility index (Phi) is 6.62. The molecular weight excluding hydrogens is 297 g/mol. The Bertz CT molecular complexity index is 552. The third kappa shape index (κ3) is 5.39. The lowest BCUT2D eigenvalue weighted by Crippen LogP contribution is -2.35. The molecule has 6 heteroatoms. The maximum atomic E-state index is 13.5. The minimum atomic E-state index is -0.960. The number of hydrogen-bond acceptors (Lipinski definition) is 3. The predicted octanol–water partition coefficient (Wildman–Crippen LogP) is 2.73. The van der Waals surface area contributed by atoms with Crippen molar-refractivity contribution in [3.05, 3.63) is 53.3 Å². The number of rotatable bonds is 6. The highest BCUT2D eigenvalue weighted by Crippen LogP contribution is 2.20. The molecule has 0 radical (unpaired) electrons. The standard InChI is InChI=1S/C15H15ClFNO3/c1-3-9-18-15(20)10(2)21-14(19)8-7-11-12(16)5-4-6-13(11)17/h3-8,10H,1,9H2,2H3,(H,18,20)/b8-7+. The van der Waals surface area contributed by atoms with Crippen molar-refractivity contribution in [1.82, 2.24) is 5.32 Å². The lowest BCUT2D eigenvalue weighted by molar-refractivity contribution is -0.150. The van der Waals surface area contributed by atoms with E-state index in [0.29, 0.717) is 0 Å². The zero-order valence-electron chi connectivity index (χ0n) is 11.4. The fraction of sp³-hybridized carbons (Fsp3) is 0.200. The second-order valence-electron chi connectivity index (χ2n) is 4.08. The average Bonchev–Trinajstić information content (AvgIpc) is 2.44. The summed E-state index contributed by atoms with van der Waals surface area (Å²) < 4.78 is 18.3. The molecule has 0 aliphatic heterocycles. The van der Waals surface area contributed by atoms with Crippen molar-refractivity contribution in [1.29, 1.82) is 0 Å². The maximum absolute atomic E-state index is 13.5. The summed E-state index contributed by atoms with van der Waals surface area (Å²) in [6, 6.07) is 4.18. The second kappa shape index (κ2) is 8.21. The van der Waals surface area contributed by atoms with Gasteiger partial charge >= 0.3 is 5.97 Å². The Morgan fingerprint density at radius 2 is 2.24 bits per heavy atom. The highest BCUT2D eigenvalue weighted by Gasteiger charge is 2.15. The van der Waals surface area contributed by atoms with Crippen molar-refractivity contribution in [2.75, 3.05) is 6.54 Å². The molecule has 0 spiro atoms. The summed E-state index contributed by atoms with van der Waals surface area (Å²) in [5, 5.41) is 2.67. The average molecular weight is 312 g/mol. The third-order valence-corrected chi connectivity index (χ3v) is 2.80. The lowest BCUT2D eigenvalue weighted by atomic mass is 10.2. The summed E-state index contributed by atoms with van der Waals surface area (Å²) in [4.78, 5) is 23.0. The molecule has 0 bridgehead atoms. The number of nitrogens with one attached hydrogen (secondary N) is 1. The van der Waals surface area contributed by atoms with Gasteiger partial charge in [-0.2, -0.15) is 0 Å². The number of ether oxygens (including phenoxy) is 1. The van der Waals surface area contributed by atoms with Gasteiger partial charge in [0.15, 0.2) is 6.10 Å². The van der Waals surface area contributed by atoms with Gasteiger partial charge in [-0.3, -0.25) is 4.79 Å². The zero-order chi connectivity index (χ0) is 15.8. The predicted molar refractivity (Wildman–Crippen MR) is 79.2 cm³/mol. The number of carbonyl (C=O) groups excluding carboxylic acids is 2. The van der Waals surface area contributed by atoms with Gasteiger partial charge in [0.05, 0.1) is 5.02 Å². The smallest absolute Gasteiger partial charge is 0.331 e. The molecule has 0 aliphatic rings. The van der Waals surface area contributed by atoms with Crippen LogP contribution in [0.15, 0.2) is 36.9 Å². The molecule has 21 heavy (non-hydrogen) atoms. The Morgan fingerprint density at radius 3 is 2.86 bits per heavy atom. The van der Waals surface area contributed by atoms with Crippen molar-refractivity contribution >= 4 is 29.6 Å². The van der Waals surface area contributed by atoms with Crippen molar-refractivity contribution in [2.24, 2.45) is 0 Å². The Labute approximate surface area is 127 Å². The van der Waals surface area contributed by atoms with E-state index in [0.717, 1.165) is 6.08 Å². The topological polar surface area (TPSA) is 55.4 Å². The molecular formula is C15H15ClFNO3. The summed E-state index contributed by atoms with van der Waals surface area (Å²) in [7, 11) is 0. The number of amides is 1. The summed E-state index contributed by atoms with van der Waals surface area (Å²) >= 11 is 5.81. The SMILES string of the molecule is C=CCNC(=O)C(C)OC(=O)/C=C/c1c(F)cccc1Cl. The van der Waals surface area contributed by atoms with Gasteiger partial charge in [-0.05, 0) is 25.1 Å². The Balaban J connectivity index is 2.63. The van der Waals surface area contributed by atoms with Crippen LogP contribution in [-0.2, 0) is 14.3 Å². The molecule has 1 N–H and O–H groups in total. The molecule has 0 saturated carbocycles. The van der Waals surface area contributed by atoms with Crippen molar-refractivity contribution < 1.29 is 18.7 Å². The molecule has 1 aromatic rings. The van der Waals surface area contributed by atoms with Crippen LogP contribution in [0.4, 0.5) is 4.39 Å². The first-order valence-electron chi connectivity index (χ1n) is 6.17. The molecule has 1 atom stereocenters. The summed E-state index contributed by atoms with van der Waals surface area (Å²) in [5.41, 5.74) is 0.0832. The first-order valence-corrected chi connectivity index (χ1v) is 6.54. The summed E-state index contributed by atoms with van der Waals surface area (Å²) in [6.45, 7) is 5.16. The first kappa shape index (κ1) is 16.9. The highest BCUT2D eigenvalue weighted by atomic mass is 35.5. The van der Waals surface area contributed by atoms with Crippen LogP contribution in [0.5, 0.6) is 0 Å². The van der Waals surface area contributed by atoms with E-state index in [1.165, 1.54) is 37.3 Å². The van der Waals surface area contributed by atoms with E-state index in [9.17, 15) is 14.0 Å². The largest absolute Gasteiger partial charge is 0.449 e. The van der Waals surface area contributed by atoms with Crippen LogP contribution in [0, 0.1) is 5.82 Å². The molecule has 0 fully saturated rings. The van der Waals surface area contributed by atoms with Crippen LogP contribution in [0.25, 0.3) is 6.08 Å². The quantitative estimate of drug-likeness (QED) is 0.499. The fourth-order valence-electron chi connectivity index (χ4n) is 1.40. The molecule has 1 unspecified atom stereocenters. The van der Waals surface area contributed by atoms with Crippen LogP contribution in [0.1, 0.15) is 12.5 Å². The van der Waals surface area contributed by atoms with Crippen LogP contribution < -0.4 is 5.32 Å². The molecule has 1 amide bonds. The van der Waals surface area contributed by atoms with Crippen molar-refractivity contribution in [3.8, 4) is 0 Å². The van der Waals surface area contributed by atoms with Crippen LogP contribution in [0.2, 0.25) is 5.02 Å². The van der Waals surface area contributed by atoms with Gasteiger partial charge in [-0.25, -0.2) is 9.18 Å². The van der Waals surface area contributed by atoms with Gasteiger partial charge in [0, 0.05) is 18.2 Å². The molecule has 0 saturated heterocycles. The maximum Gasteiger partial charge on any atom is 0.331 e. The minimum absolute atomic E-state index is 0.0832. The molecule has 1 aromatic carbocycles. The van der Waals surface area contributed by atoms with E-state index in [2.05, 4.69) is 11.9 Å².